The van der Waals surface area contributed by atoms with Crippen molar-refractivity contribution in [2.24, 2.45) is 5.73 Å². The van der Waals surface area contributed by atoms with Crippen molar-refractivity contribution in [3.63, 3.8) is 0 Å². The molecule has 7 heteroatoms. The smallest absolute Gasteiger partial charge is 0.277 e. The Labute approximate surface area is 110 Å². The Bertz CT molecular complexity index is 426. The second kappa shape index (κ2) is 5.67. The van der Waals surface area contributed by atoms with Crippen LogP contribution in [-0.2, 0) is 0 Å². The van der Waals surface area contributed by atoms with Gasteiger partial charge in [-0.25, -0.2) is 13.2 Å². The van der Waals surface area contributed by atoms with Crippen molar-refractivity contribution in [1.29, 1.82) is 0 Å². The summed E-state index contributed by atoms with van der Waals surface area (Å²) < 4.78 is 39.0. The van der Waals surface area contributed by atoms with Crippen LogP contribution in [0.25, 0.3) is 0 Å². The van der Waals surface area contributed by atoms with Crippen molar-refractivity contribution >= 4 is 28.5 Å². The molecule has 0 unspecified atom stereocenters. The summed E-state index contributed by atoms with van der Waals surface area (Å²) in [6.07, 6.45) is 0. The summed E-state index contributed by atoms with van der Waals surface area (Å²) in [4.78, 5) is 11.4. The molecule has 0 atom stereocenters. The van der Waals surface area contributed by atoms with E-state index in [1.165, 1.54) is 12.1 Å². The Kier molecular flexibility index (Phi) is 4.75. The molecule has 1 aromatic rings. The van der Waals surface area contributed by atoms with Crippen molar-refractivity contribution in [3.05, 3.63) is 33.1 Å². The minimum absolute atomic E-state index is 0.00395. The normalized spacial score (nSPS) is 11.4. The lowest BCUT2D eigenvalue weighted by Gasteiger charge is -2.14. The Balaban J connectivity index is 2.68. The summed E-state index contributed by atoms with van der Waals surface area (Å²) in [5, 5.41) is 2.00. The van der Waals surface area contributed by atoms with E-state index in [4.69, 9.17) is 5.73 Å². The second-order valence-corrected chi connectivity index (χ2v) is 4.53. The van der Waals surface area contributed by atoms with Gasteiger partial charge in [0.2, 0.25) is 0 Å². The molecular formula is C10H10F3IN2O. The molecular weight excluding hydrogens is 348 g/mol. The number of alkyl halides is 2. The van der Waals surface area contributed by atoms with Gasteiger partial charge < -0.3 is 11.1 Å². The highest BCUT2D eigenvalue weighted by atomic mass is 127. The largest absolute Gasteiger partial charge is 0.346 e. The first-order valence-electron chi connectivity index (χ1n) is 4.67. The van der Waals surface area contributed by atoms with Crippen LogP contribution < -0.4 is 11.1 Å². The van der Waals surface area contributed by atoms with Crippen molar-refractivity contribution in [2.75, 3.05) is 13.1 Å². The van der Waals surface area contributed by atoms with E-state index in [9.17, 15) is 18.0 Å². The van der Waals surface area contributed by atoms with Crippen LogP contribution in [-0.4, -0.2) is 24.9 Å². The number of hydrogen-bond donors (Lipinski definition) is 2. The summed E-state index contributed by atoms with van der Waals surface area (Å²) in [5.41, 5.74) is 4.81. The number of benzene rings is 1. The fourth-order valence-electron chi connectivity index (χ4n) is 1.02. The van der Waals surface area contributed by atoms with Crippen molar-refractivity contribution < 1.29 is 18.0 Å². The zero-order chi connectivity index (χ0) is 13.1. The molecule has 17 heavy (non-hydrogen) atoms. The maximum absolute atomic E-state index is 13.1. The van der Waals surface area contributed by atoms with Gasteiger partial charge in [0, 0.05) is 9.13 Å². The molecule has 0 saturated carbocycles. The average Bonchev–Trinajstić information content (AvgIpc) is 2.30. The number of rotatable bonds is 4. The molecule has 0 bridgehead atoms. The van der Waals surface area contributed by atoms with E-state index >= 15 is 0 Å². The van der Waals surface area contributed by atoms with E-state index in [0.717, 1.165) is 6.07 Å². The second-order valence-electron chi connectivity index (χ2n) is 3.37. The van der Waals surface area contributed by atoms with Crippen LogP contribution in [0.5, 0.6) is 0 Å². The van der Waals surface area contributed by atoms with E-state index in [1.54, 1.807) is 22.6 Å². The Morgan fingerprint density at radius 2 is 2.12 bits per heavy atom. The SMILES string of the molecule is NCC(F)(F)CNC(=O)c1ccc(I)c(F)c1. The predicted octanol–water partition coefficient (Wildman–Crippen LogP) is 1.75. The summed E-state index contributed by atoms with van der Waals surface area (Å²) in [5.74, 6) is -4.48. The van der Waals surface area contributed by atoms with Crippen LogP contribution in [0.1, 0.15) is 10.4 Å². The summed E-state index contributed by atoms with van der Waals surface area (Å²) in [7, 11) is 0. The molecule has 3 nitrogen and oxygen atoms in total. The molecule has 1 amide bonds. The highest BCUT2D eigenvalue weighted by Gasteiger charge is 2.27. The Morgan fingerprint density at radius 3 is 2.65 bits per heavy atom. The standard InChI is InChI=1S/C10H10F3IN2O/c11-7-3-6(1-2-8(7)14)9(17)16-5-10(12,13)4-15/h1-3H,4-5,15H2,(H,16,17). The first kappa shape index (κ1) is 14.2. The highest BCUT2D eigenvalue weighted by molar-refractivity contribution is 14.1. The van der Waals surface area contributed by atoms with Gasteiger partial charge in [-0.2, -0.15) is 0 Å². The fraction of sp³-hybridized carbons (Fsp3) is 0.300. The van der Waals surface area contributed by atoms with Gasteiger partial charge in [-0.1, -0.05) is 0 Å². The van der Waals surface area contributed by atoms with E-state index in [-0.39, 0.29) is 5.56 Å². The number of halogens is 4. The molecule has 0 fully saturated rings. The third-order valence-electron chi connectivity index (χ3n) is 1.99. The lowest BCUT2D eigenvalue weighted by Crippen LogP contribution is -2.41. The number of hydrogen-bond acceptors (Lipinski definition) is 2. The van der Waals surface area contributed by atoms with Crippen molar-refractivity contribution in [1.82, 2.24) is 5.32 Å². The van der Waals surface area contributed by atoms with Gasteiger partial charge in [0.05, 0.1) is 13.1 Å². The molecule has 0 aliphatic rings. The van der Waals surface area contributed by atoms with E-state index < -0.39 is 30.7 Å². The average molecular weight is 358 g/mol. The Morgan fingerprint density at radius 1 is 1.47 bits per heavy atom. The molecule has 0 heterocycles. The Hall–Kier alpha value is -0.830. The molecule has 0 aliphatic carbocycles. The molecule has 0 spiro atoms. The summed E-state index contributed by atoms with van der Waals surface area (Å²) in [6, 6.07) is 3.75. The fourth-order valence-corrected chi connectivity index (χ4v) is 1.36. The molecule has 0 radical (unpaired) electrons. The van der Waals surface area contributed by atoms with Gasteiger partial charge in [-0.3, -0.25) is 4.79 Å². The van der Waals surface area contributed by atoms with Gasteiger partial charge in [0.1, 0.15) is 5.82 Å². The highest BCUT2D eigenvalue weighted by Crippen LogP contribution is 2.13. The monoisotopic (exact) mass is 358 g/mol. The minimum Gasteiger partial charge on any atom is -0.346 e. The lowest BCUT2D eigenvalue weighted by molar-refractivity contribution is 0.0118. The van der Waals surface area contributed by atoms with Gasteiger partial charge >= 0.3 is 0 Å². The number of nitrogens with one attached hydrogen (secondary N) is 1. The molecule has 0 aliphatic heterocycles. The first-order chi connectivity index (χ1) is 7.85. The van der Waals surface area contributed by atoms with Crippen LogP contribution >= 0.6 is 22.6 Å². The number of amides is 1. The maximum Gasteiger partial charge on any atom is 0.277 e. The van der Waals surface area contributed by atoms with Gasteiger partial charge in [-0.15, -0.1) is 0 Å². The van der Waals surface area contributed by atoms with Crippen molar-refractivity contribution in [2.45, 2.75) is 5.92 Å². The van der Waals surface area contributed by atoms with Crippen LogP contribution in [0.3, 0.4) is 0 Å². The van der Waals surface area contributed by atoms with Gasteiger partial charge in [-0.05, 0) is 40.8 Å². The maximum atomic E-state index is 13.1. The summed E-state index contributed by atoms with van der Waals surface area (Å²) in [6.45, 7) is -1.72. The summed E-state index contributed by atoms with van der Waals surface area (Å²) >= 11 is 1.76. The molecule has 3 N–H and O–H groups in total. The quantitative estimate of drug-likeness (QED) is 0.806. The van der Waals surface area contributed by atoms with Crippen LogP contribution in [0.2, 0.25) is 0 Å². The zero-order valence-electron chi connectivity index (χ0n) is 8.64. The minimum atomic E-state index is -3.16. The van der Waals surface area contributed by atoms with Gasteiger partial charge in [0.15, 0.2) is 0 Å². The van der Waals surface area contributed by atoms with Crippen LogP contribution in [0, 0.1) is 9.39 Å². The third kappa shape index (κ3) is 4.15. The first-order valence-corrected chi connectivity index (χ1v) is 5.75. The zero-order valence-corrected chi connectivity index (χ0v) is 10.8. The molecule has 94 valence electrons. The van der Waals surface area contributed by atoms with E-state index in [0.29, 0.717) is 3.57 Å². The molecule has 0 saturated heterocycles. The third-order valence-corrected chi connectivity index (χ3v) is 2.86. The van der Waals surface area contributed by atoms with E-state index in [2.05, 4.69) is 0 Å². The topological polar surface area (TPSA) is 55.1 Å². The number of carbonyl (C=O) groups excluding carboxylic acids is 1. The number of nitrogens with two attached hydrogens (primary N) is 1. The lowest BCUT2D eigenvalue weighted by atomic mass is 10.2. The predicted molar refractivity (Wildman–Crippen MR) is 65.5 cm³/mol. The van der Waals surface area contributed by atoms with Gasteiger partial charge in [0.25, 0.3) is 11.8 Å². The van der Waals surface area contributed by atoms with Crippen LogP contribution in [0.4, 0.5) is 13.2 Å². The van der Waals surface area contributed by atoms with Crippen molar-refractivity contribution in [3.8, 4) is 0 Å². The van der Waals surface area contributed by atoms with E-state index in [1.807, 2.05) is 5.32 Å². The molecule has 1 aromatic carbocycles. The van der Waals surface area contributed by atoms with Crippen LogP contribution in [0.15, 0.2) is 18.2 Å². The molecule has 0 aromatic heterocycles. The number of carbonyl (C=O) groups is 1. The molecule has 1 rings (SSSR count).